The molecule has 0 aliphatic heterocycles. The molecule has 6 N–H and O–H groups in total. The lowest BCUT2D eigenvalue weighted by Gasteiger charge is -2.26. The molecule has 0 fully saturated rings. The van der Waals surface area contributed by atoms with E-state index in [-0.39, 0.29) is 13.0 Å². The molecule has 3 rings (SSSR count). The normalized spacial score (nSPS) is 13.5. The summed E-state index contributed by atoms with van der Waals surface area (Å²) in [6.07, 6.45) is 4.70. The third kappa shape index (κ3) is 8.43. The Morgan fingerprint density at radius 2 is 1.71 bits per heavy atom. The number of hydrogen-bond acceptors (Lipinski definition) is 6. The molecule has 1 aromatic heterocycles. The van der Waals surface area contributed by atoms with Gasteiger partial charge in [0.2, 0.25) is 5.91 Å². The lowest BCUT2D eigenvalue weighted by Crippen LogP contribution is -2.55. The quantitative estimate of drug-likeness (QED) is 0.144. The Morgan fingerprint density at radius 3 is 2.42 bits per heavy atom. The summed E-state index contributed by atoms with van der Waals surface area (Å²) >= 11 is 0. The number of ether oxygens (including phenoxy) is 1. The van der Waals surface area contributed by atoms with Crippen LogP contribution in [0.1, 0.15) is 43.7 Å². The van der Waals surface area contributed by atoms with E-state index in [1.165, 1.54) is 0 Å². The zero-order chi connectivity index (χ0) is 27.3. The topological polar surface area (TPSA) is 147 Å². The Balaban J connectivity index is 1.74. The van der Waals surface area contributed by atoms with Crippen LogP contribution in [0.2, 0.25) is 0 Å². The van der Waals surface area contributed by atoms with Crippen molar-refractivity contribution in [3.05, 3.63) is 71.9 Å². The van der Waals surface area contributed by atoms with Crippen molar-refractivity contribution in [2.45, 2.75) is 63.6 Å². The van der Waals surface area contributed by atoms with Gasteiger partial charge in [-0.2, -0.15) is 0 Å². The number of nitrogens with two attached hydrogens (primary N) is 1. The molecule has 9 heteroatoms. The van der Waals surface area contributed by atoms with Crippen LogP contribution in [0, 0.1) is 0 Å². The number of fused-ring (bicyclic) bond motifs is 1. The van der Waals surface area contributed by atoms with Crippen LogP contribution in [0.25, 0.3) is 10.9 Å². The number of carboxylic acids is 1. The number of benzene rings is 2. The van der Waals surface area contributed by atoms with Gasteiger partial charge in [0.25, 0.3) is 0 Å². The fourth-order valence-electron chi connectivity index (χ4n) is 4.49. The highest BCUT2D eigenvalue weighted by molar-refractivity contribution is 5.89. The first-order valence-corrected chi connectivity index (χ1v) is 13.2. The molecule has 3 atom stereocenters. The van der Waals surface area contributed by atoms with Crippen LogP contribution < -0.4 is 16.4 Å². The first-order valence-electron chi connectivity index (χ1n) is 13.2. The average Bonchev–Trinajstić information content (AvgIpc) is 3.33. The minimum atomic E-state index is -1.13. The number of esters is 1. The minimum Gasteiger partial charge on any atom is -0.480 e. The number of nitrogens with one attached hydrogen (secondary N) is 3. The average molecular weight is 523 g/mol. The zero-order valence-electron chi connectivity index (χ0n) is 21.8. The number of H-pyrrole nitrogens is 1. The van der Waals surface area contributed by atoms with E-state index in [0.29, 0.717) is 38.6 Å². The van der Waals surface area contributed by atoms with Gasteiger partial charge in [0.15, 0.2) is 0 Å². The van der Waals surface area contributed by atoms with E-state index in [0.717, 1.165) is 22.0 Å². The van der Waals surface area contributed by atoms with Gasteiger partial charge in [0.05, 0.1) is 12.6 Å². The third-order valence-electron chi connectivity index (χ3n) is 6.51. The number of aromatic amines is 1. The first-order chi connectivity index (χ1) is 18.4. The van der Waals surface area contributed by atoms with Crippen LogP contribution in [-0.2, 0) is 32.0 Å². The van der Waals surface area contributed by atoms with Crippen molar-refractivity contribution in [1.82, 2.24) is 15.6 Å². The van der Waals surface area contributed by atoms with Crippen LogP contribution >= 0.6 is 0 Å². The van der Waals surface area contributed by atoms with Crippen LogP contribution in [0.4, 0.5) is 0 Å². The number of hydrogen-bond donors (Lipinski definition) is 5. The van der Waals surface area contributed by atoms with Gasteiger partial charge >= 0.3 is 11.9 Å². The number of rotatable bonds is 16. The Hall–Kier alpha value is -3.69. The number of aromatic nitrogens is 1. The summed E-state index contributed by atoms with van der Waals surface area (Å²) < 4.78 is 5.28. The predicted molar refractivity (Wildman–Crippen MR) is 147 cm³/mol. The molecule has 9 nitrogen and oxygen atoms in total. The second-order valence-electron chi connectivity index (χ2n) is 9.30. The van der Waals surface area contributed by atoms with E-state index in [9.17, 15) is 19.5 Å². The Bertz CT molecular complexity index is 1180. The van der Waals surface area contributed by atoms with Crippen molar-refractivity contribution >= 4 is 28.7 Å². The van der Waals surface area contributed by atoms with Gasteiger partial charge in [0.1, 0.15) is 12.1 Å². The maximum Gasteiger partial charge on any atom is 0.326 e. The molecule has 0 radical (unpaired) electrons. The van der Waals surface area contributed by atoms with Crippen molar-refractivity contribution in [1.29, 1.82) is 0 Å². The summed E-state index contributed by atoms with van der Waals surface area (Å²) in [5, 5.41) is 16.7. The number of aliphatic carboxylic acids is 1. The minimum absolute atomic E-state index is 0.121. The van der Waals surface area contributed by atoms with E-state index >= 15 is 0 Å². The lowest BCUT2D eigenvalue weighted by molar-refractivity contribution is -0.147. The molecule has 0 aliphatic rings. The maximum absolute atomic E-state index is 13.4. The Kier molecular flexibility index (Phi) is 11.3. The van der Waals surface area contributed by atoms with E-state index in [2.05, 4.69) is 15.6 Å². The molecular weight excluding hydrogens is 484 g/mol. The second-order valence-corrected chi connectivity index (χ2v) is 9.30. The number of aryl methyl sites for hydroxylation is 1. The smallest absolute Gasteiger partial charge is 0.326 e. The molecule has 1 unspecified atom stereocenters. The molecule has 0 saturated carbocycles. The molecule has 0 saturated heterocycles. The number of carboxylic acid groups (broad SMARTS) is 1. The number of carbonyl (C=O) groups excluding carboxylic acids is 2. The van der Waals surface area contributed by atoms with Crippen molar-refractivity contribution in [3.63, 3.8) is 0 Å². The molecule has 0 aliphatic carbocycles. The van der Waals surface area contributed by atoms with Gasteiger partial charge in [-0.25, -0.2) is 4.79 Å². The number of amides is 1. The standard InChI is InChI=1S/C29H38N4O5/c1-2-38-29(37)25(16-15-20-10-4-3-5-11-20)32-24(14-8-9-17-30)27(34)33-26(28(35)36)18-21-19-31-23-13-7-6-12-22(21)23/h3-7,10-13,19,24-26,31-32H,2,8-9,14-18,30H2,1H3,(H,33,34)(H,35,36)/t24-,25?,26-/m0/s1. The van der Waals surface area contributed by atoms with Crippen LogP contribution in [0.15, 0.2) is 60.8 Å². The SMILES string of the molecule is CCOC(=O)C(CCc1ccccc1)N[C@@H](CCCCN)C(=O)N[C@@H](Cc1c[nH]c2ccccc12)C(=O)O. The summed E-state index contributed by atoms with van der Waals surface area (Å²) in [6.45, 7) is 2.43. The molecular formula is C29H38N4O5. The van der Waals surface area contributed by atoms with Crippen molar-refractivity contribution in [2.24, 2.45) is 5.73 Å². The number of unbranched alkanes of at least 4 members (excludes halogenated alkanes) is 1. The summed E-state index contributed by atoms with van der Waals surface area (Å²) in [6, 6.07) is 14.7. The fourth-order valence-corrected chi connectivity index (χ4v) is 4.49. The molecule has 2 aromatic carbocycles. The van der Waals surface area contributed by atoms with E-state index < -0.39 is 36.0 Å². The summed E-state index contributed by atoms with van der Waals surface area (Å²) in [7, 11) is 0. The highest BCUT2D eigenvalue weighted by Gasteiger charge is 2.30. The molecule has 0 bridgehead atoms. The van der Waals surface area contributed by atoms with Gasteiger partial charge < -0.3 is 25.9 Å². The van der Waals surface area contributed by atoms with Crippen LogP contribution in [0.3, 0.4) is 0 Å². The molecule has 0 spiro atoms. The highest BCUT2D eigenvalue weighted by Crippen LogP contribution is 2.19. The van der Waals surface area contributed by atoms with E-state index in [1.807, 2.05) is 54.6 Å². The van der Waals surface area contributed by atoms with Crippen LogP contribution in [0.5, 0.6) is 0 Å². The van der Waals surface area contributed by atoms with Gasteiger partial charge in [-0.05, 0) is 56.3 Å². The van der Waals surface area contributed by atoms with Gasteiger partial charge in [0, 0.05) is 23.5 Å². The molecule has 1 heterocycles. The first kappa shape index (κ1) is 28.9. The fraction of sp³-hybridized carbons (Fsp3) is 0.414. The molecule has 38 heavy (non-hydrogen) atoms. The summed E-state index contributed by atoms with van der Waals surface area (Å²) in [5.74, 6) is -2.03. The zero-order valence-corrected chi connectivity index (χ0v) is 21.8. The lowest BCUT2D eigenvalue weighted by atomic mass is 10.0. The van der Waals surface area contributed by atoms with Gasteiger partial charge in [-0.3, -0.25) is 14.9 Å². The van der Waals surface area contributed by atoms with E-state index in [1.54, 1.807) is 13.1 Å². The van der Waals surface area contributed by atoms with Crippen molar-refractivity contribution in [3.8, 4) is 0 Å². The monoisotopic (exact) mass is 522 g/mol. The highest BCUT2D eigenvalue weighted by atomic mass is 16.5. The number of para-hydroxylation sites is 1. The van der Waals surface area contributed by atoms with Crippen LogP contribution in [-0.4, -0.2) is 59.2 Å². The molecule has 1 amide bonds. The second kappa shape index (κ2) is 14.9. The van der Waals surface area contributed by atoms with Crippen molar-refractivity contribution < 1.29 is 24.2 Å². The van der Waals surface area contributed by atoms with E-state index in [4.69, 9.17) is 10.5 Å². The number of carbonyl (C=O) groups is 3. The maximum atomic E-state index is 13.4. The van der Waals surface area contributed by atoms with Gasteiger partial charge in [-0.15, -0.1) is 0 Å². The Labute approximate surface area is 223 Å². The summed E-state index contributed by atoms with van der Waals surface area (Å²) in [4.78, 5) is 41.5. The molecule has 3 aromatic rings. The largest absolute Gasteiger partial charge is 0.480 e. The molecule has 204 valence electrons. The Morgan fingerprint density at radius 1 is 0.974 bits per heavy atom. The van der Waals surface area contributed by atoms with Gasteiger partial charge in [-0.1, -0.05) is 55.0 Å². The third-order valence-corrected chi connectivity index (χ3v) is 6.51. The predicted octanol–water partition coefficient (Wildman–Crippen LogP) is 2.93. The van der Waals surface area contributed by atoms with Crippen molar-refractivity contribution in [2.75, 3.05) is 13.2 Å². The summed E-state index contributed by atoms with van der Waals surface area (Å²) in [5.41, 5.74) is 8.42.